The highest BCUT2D eigenvalue weighted by molar-refractivity contribution is 6.40. The second kappa shape index (κ2) is 12.5. The van der Waals surface area contributed by atoms with Gasteiger partial charge in [-0.25, -0.2) is 0 Å². The van der Waals surface area contributed by atoms with E-state index in [0.717, 1.165) is 223 Å². The van der Waals surface area contributed by atoms with E-state index in [1.807, 2.05) is 0 Å². The summed E-state index contributed by atoms with van der Waals surface area (Å²) in [6, 6.07) is 23.2. The Hall–Kier alpha value is -6.60. The van der Waals surface area contributed by atoms with Crippen LogP contribution in [-0.2, 0) is 0 Å². The second-order valence-electron chi connectivity index (χ2n) is 24.3. The van der Waals surface area contributed by atoms with Crippen LogP contribution < -0.4 is 0 Å². The van der Waals surface area contributed by atoms with E-state index in [0.29, 0.717) is 46.8 Å². The molecule has 0 unspecified atom stereocenters. The van der Waals surface area contributed by atoms with Crippen molar-refractivity contribution in [3.63, 3.8) is 0 Å². The molecular weight excluding hydrogens is 877 g/mol. The van der Waals surface area contributed by atoms with Crippen LogP contribution in [0.5, 0.6) is 0 Å². The lowest BCUT2D eigenvalue weighted by molar-refractivity contribution is 0.0891. The summed E-state index contributed by atoms with van der Waals surface area (Å²) in [5.74, 6) is 3.00. The summed E-state index contributed by atoms with van der Waals surface area (Å²) >= 11 is 0. The average Bonchev–Trinajstić information content (AvgIpc) is 4.07. The van der Waals surface area contributed by atoms with Crippen molar-refractivity contribution < 1.29 is 23.6 Å². The molecule has 0 atom stereocenters. The number of ketones is 4. The van der Waals surface area contributed by atoms with Gasteiger partial charge in [0.05, 0.1) is 38.5 Å². The molecule has 8 bridgehead atoms. The molecule has 0 radical (unpaired) electrons. The van der Waals surface area contributed by atoms with E-state index in [1.54, 1.807) is 0 Å². The minimum absolute atomic E-state index is 0.0795. The van der Waals surface area contributed by atoms with Crippen LogP contribution in [0.1, 0.15) is 190 Å². The smallest absolute Gasteiger partial charge is 0.166 e. The van der Waals surface area contributed by atoms with Crippen LogP contribution in [-0.4, -0.2) is 31.9 Å². The molecule has 23 rings (SSSR count). The molecule has 5 aromatic heterocycles. The van der Waals surface area contributed by atoms with Crippen LogP contribution in [0.25, 0.3) is 98.1 Å². The van der Waals surface area contributed by atoms with Crippen molar-refractivity contribution >= 4 is 121 Å². The Kier molecular flexibility index (Phi) is 6.72. The van der Waals surface area contributed by atoms with Gasteiger partial charge in [-0.3, -0.25) is 19.2 Å². The summed E-state index contributed by atoms with van der Waals surface area (Å²) < 4.78 is 12.4. The van der Waals surface area contributed by atoms with E-state index >= 15 is 0 Å². The van der Waals surface area contributed by atoms with Crippen molar-refractivity contribution in [1.82, 2.24) is 8.80 Å². The molecule has 11 aromatic rings. The summed E-state index contributed by atoms with van der Waals surface area (Å²) in [4.78, 5) is 57.8. The monoisotopic (exact) mass is 926 g/mol. The molecule has 4 fully saturated rings. The quantitative estimate of drug-likeness (QED) is 0.151. The number of fused-ring (bicyclic) bond motifs is 25. The van der Waals surface area contributed by atoms with Gasteiger partial charge < -0.3 is 13.2 Å². The predicted molar refractivity (Wildman–Crippen MR) is 279 cm³/mol. The lowest BCUT2D eigenvalue weighted by Crippen LogP contribution is -2.15. The molecule has 5 heterocycles. The molecule has 346 valence electrons. The summed E-state index contributed by atoms with van der Waals surface area (Å²) in [5.41, 5.74) is 16.5. The minimum atomic E-state index is 0.0795. The largest absolute Gasteiger partial charge is 0.455 e. The van der Waals surface area contributed by atoms with Gasteiger partial charge in [0.25, 0.3) is 0 Å². The Bertz CT molecular complexity index is 4430. The molecule has 7 heteroatoms. The number of furan rings is 1. The van der Waals surface area contributed by atoms with Gasteiger partial charge in [0.2, 0.25) is 0 Å². The number of Topliss-reactive ketones (excluding diaryl/α,β-unsaturated/α-hetero) is 4. The van der Waals surface area contributed by atoms with Crippen molar-refractivity contribution in [3.8, 4) is 0 Å². The maximum Gasteiger partial charge on any atom is 0.166 e. The zero-order valence-corrected chi connectivity index (χ0v) is 39.6. The minimum Gasteiger partial charge on any atom is -0.455 e. The van der Waals surface area contributed by atoms with E-state index in [2.05, 4.69) is 69.5 Å². The lowest BCUT2D eigenvalue weighted by atomic mass is 9.82. The highest BCUT2D eigenvalue weighted by atomic mass is 16.3. The van der Waals surface area contributed by atoms with Crippen LogP contribution in [0.4, 0.5) is 0 Å². The van der Waals surface area contributed by atoms with Crippen molar-refractivity contribution in [3.05, 3.63) is 105 Å². The molecular formula is C64H50N2O5. The fourth-order valence-electron chi connectivity index (χ4n) is 17.9. The standard InChI is InChI=1S/C64H50N2O5/c67-60-31-9-1-27(2-10-31)35-17-39-41-21-49-55-54(71-64(49)57-48-20-38-30-7-15-34(16-8-30)63(70)46(38)25-53(48)66(59(41)57)50(39)22-43(35)60)26-42-40-18-36-28-3-11-32(12-4-28)61(68)44(36)23-51(40)65-52-24-45-37(19-47(52)56(55)58(42)65)29-5-13-33(14-6-29)62(45)69/h17-34H,1-16H2. The normalized spacial score (nSPS) is 28.1. The third-order valence-electron chi connectivity index (χ3n) is 21.4. The molecule has 7 nitrogen and oxygen atoms in total. The maximum atomic E-state index is 14.5. The first kappa shape index (κ1) is 38.1. The zero-order chi connectivity index (χ0) is 46.2. The number of hydrogen-bond acceptors (Lipinski definition) is 5. The van der Waals surface area contributed by atoms with Crippen molar-refractivity contribution in [2.45, 2.75) is 126 Å². The van der Waals surface area contributed by atoms with E-state index in [4.69, 9.17) is 4.42 Å². The molecule has 0 amide bonds. The summed E-state index contributed by atoms with van der Waals surface area (Å²) in [7, 11) is 0. The zero-order valence-electron chi connectivity index (χ0n) is 39.6. The molecule has 0 saturated heterocycles. The van der Waals surface area contributed by atoms with Gasteiger partial charge in [0.1, 0.15) is 11.2 Å². The number of carbonyl (C=O) groups is 4. The van der Waals surface area contributed by atoms with Crippen molar-refractivity contribution in [1.29, 1.82) is 0 Å². The highest BCUT2D eigenvalue weighted by Crippen LogP contribution is 2.56. The van der Waals surface area contributed by atoms with Gasteiger partial charge in [-0.05, 0) is 209 Å². The molecule has 0 N–H and O–H groups in total. The van der Waals surface area contributed by atoms with Crippen LogP contribution in [0.2, 0.25) is 0 Å². The Morgan fingerprint density at radius 2 is 0.634 bits per heavy atom. The summed E-state index contributed by atoms with van der Waals surface area (Å²) in [5, 5.41) is 11.3. The molecule has 12 aliphatic carbocycles. The van der Waals surface area contributed by atoms with E-state index in [-0.39, 0.29) is 23.7 Å². The van der Waals surface area contributed by atoms with Gasteiger partial charge in [-0.2, -0.15) is 0 Å². The second-order valence-corrected chi connectivity index (χ2v) is 24.3. The van der Waals surface area contributed by atoms with Gasteiger partial charge >= 0.3 is 0 Å². The first-order valence-corrected chi connectivity index (χ1v) is 27.4. The van der Waals surface area contributed by atoms with Gasteiger partial charge in [-0.15, -0.1) is 0 Å². The van der Waals surface area contributed by atoms with Crippen molar-refractivity contribution in [2.75, 3.05) is 0 Å². The van der Waals surface area contributed by atoms with Gasteiger partial charge in [0.15, 0.2) is 23.1 Å². The Morgan fingerprint density at radius 1 is 0.310 bits per heavy atom. The number of aromatic nitrogens is 2. The van der Waals surface area contributed by atoms with E-state index < -0.39 is 0 Å². The van der Waals surface area contributed by atoms with Gasteiger partial charge in [0, 0.05) is 94.4 Å². The molecule has 12 aliphatic rings. The molecule has 0 spiro atoms. The first-order chi connectivity index (χ1) is 34.8. The summed E-state index contributed by atoms with van der Waals surface area (Å²) in [6.07, 6.45) is 16.0. The van der Waals surface area contributed by atoms with Gasteiger partial charge in [-0.1, -0.05) is 0 Å². The number of rotatable bonds is 0. The van der Waals surface area contributed by atoms with Crippen LogP contribution in [0.3, 0.4) is 0 Å². The fourth-order valence-corrected chi connectivity index (χ4v) is 17.9. The third-order valence-corrected chi connectivity index (χ3v) is 21.4. The Balaban J connectivity index is 1.01. The number of benzene rings is 6. The third kappa shape index (κ3) is 4.39. The first-order valence-electron chi connectivity index (χ1n) is 27.4. The van der Waals surface area contributed by atoms with Crippen LogP contribution >= 0.6 is 0 Å². The number of hydrogen-bond donors (Lipinski definition) is 0. The van der Waals surface area contributed by atoms with Crippen molar-refractivity contribution in [2.24, 2.45) is 23.7 Å². The maximum absolute atomic E-state index is 14.5. The predicted octanol–water partition coefficient (Wildman–Crippen LogP) is 15.8. The molecule has 71 heavy (non-hydrogen) atoms. The lowest BCUT2D eigenvalue weighted by Gasteiger charge is -2.22. The molecule has 6 aromatic carbocycles. The fraction of sp³-hybridized carbons (Fsp3) is 0.375. The van der Waals surface area contributed by atoms with Crippen LogP contribution in [0, 0.1) is 23.7 Å². The Morgan fingerprint density at radius 3 is 1.04 bits per heavy atom. The number of carbonyl (C=O) groups excluding carboxylic acids is 4. The topological polar surface area (TPSA) is 90.2 Å². The molecule has 4 saturated carbocycles. The molecule has 0 aliphatic heterocycles. The average molecular weight is 927 g/mol. The van der Waals surface area contributed by atoms with E-state index in [9.17, 15) is 19.2 Å². The SMILES string of the molecule is O=C1c2cc3c(cc2C2CCC1CC2)c1cc2c(oc4cc5c6cc7c(cc6n6c8cc9c(cc8c(c42)c56)C2CCC(CC2)C9=O)C(=O)C2CCC7CC2)c2c4cc5c(cc4n3c12)C(=O)C1CCC5CC1. The highest BCUT2D eigenvalue weighted by Gasteiger charge is 2.41. The Labute approximate surface area is 407 Å². The van der Waals surface area contributed by atoms with Crippen LogP contribution in [0.15, 0.2) is 65.1 Å². The summed E-state index contributed by atoms with van der Waals surface area (Å²) in [6.45, 7) is 0. The van der Waals surface area contributed by atoms with E-state index in [1.165, 1.54) is 22.3 Å². The number of nitrogens with zero attached hydrogens (tertiary/aromatic N) is 2.